The number of ketones is 1. The predicted molar refractivity (Wildman–Crippen MR) is 100 cm³/mol. The van der Waals surface area contributed by atoms with Gasteiger partial charge in [-0.05, 0) is 42.7 Å². The lowest BCUT2D eigenvalue weighted by molar-refractivity contribution is -0.384. The summed E-state index contributed by atoms with van der Waals surface area (Å²) in [5, 5.41) is 11.1. The molecule has 2 aromatic rings. The van der Waals surface area contributed by atoms with Gasteiger partial charge >= 0.3 is 0 Å². The molecule has 0 aromatic heterocycles. The average molecular weight is 380 g/mol. The maximum absolute atomic E-state index is 13.3. The average Bonchev–Trinajstić information content (AvgIpc) is 2.68. The number of benzene rings is 2. The molecule has 0 N–H and O–H groups in total. The first kappa shape index (κ1) is 18.0. The van der Waals surface area contributed by atoms with Gasteiger partial charge < -0.3 is 0 Å². The van der Waals surface area contributed by atoms with Crippen molar-refractivity contribution in [3.05, 3.63) is 81.3 Å². The van der Waals surface area contributed by atoms with Gasteiger partial charge in [0.25, 0.3) is 5.69 Å². The molecule has 2 aliphatic rings. The highest BCUT2D eigenvalue weighted by molar-refractivity contribution is 6.07. The van der Waals surface area contributed by atoms with E-state index >= 15 is 0 Å². The fraction of sp³-hybridized carbons (Fsp3) is 0.238. The van der Waals surface area contributed by atoms with Crippen molar-refractivity contribution in [2.24, 2.45) is 0 Å². The van der Waals surface area contributed by atoms with E-state index in [0.29, 0.717) is 41.8 Å². The number of nitrogens with zero attached hydrogens (tertiary/aromatic N) is 2. The Kier molecular flexibility index (Phi) is 4.50. The highest BCUT2D eigenvalue weighted by Crippen LogP contribution is 2.43. The van der Waals surface area contributed by atoms with Crippen LogP contribution in [0.25, 0.3) is 0 Å². The number of Topliss-reactive ketones (excluding diaryl/α,β-unsaturated/α-hetero) is 1. The van der Waals surface area contributed by atoms with Crippen LogP contribution in [-0.4, -0.2) is 16.6 Å². The van der Waals surface area contributed by atoms with Gasteiger partial charge in [0.1, 0.15) is 5.82 Å². The number of nitro benzene ring substituents is 1. The molecule has 1 amide bonds. The Balaban J connectivity index is 1.84. The molecule has 1 heterocycles. The standard InChI is InChI=1S/C21H17FN2O4/c22-14-7-9-15(10-8-14)23-18-5-2-6-19(25)21(18)17(12-20(23)26)13-3-1-4-16(11-13)24(27)28/h1,3-4,7-11,17H,2,5-6,12H2/t17-/m0/s1. The molecule has 0 fully saturated rings. The first-order chi connectivity index (χ1) is 13.5. The van der Waals surface area contributed by atoms with Crippen LogP contribution in [-0.2, 0) is 9.59 Å². The van der Waals surface area contributed by atoms with Gasteiger partial charge in [-0.3, -0.25) is 24.6 Å². The summed E-state index contributed by atoms with van der Waals surface area (Å²) in [5.41, 5.74) is 2.19. The zero-order chi connectivity index (χ0) is 19.8. The van der Waals surface area contributed by atoms with E-state index in [1.165, 1.54) is 41.3 Å². The van der Waals surface area contributed by atoms with E-state index in [2.05, 4.69) is 0 Å². The monoisotopic (exact) mass is 380 g/mol. The molecule has 0 saturated carbocycles. The minimum Gasteiger partial charge on any atom is -0.294 e. The van der Waals surface area contributed by atoms with Crippen molar-refractivity contribution in [2.75, 3.05) is 4.90 Å². The van der Waals surface area contributed by atoms with Crippen molar-refractivity contribution in [2.45, 2.75) is 31.6 Å². The highest BCUT2D eigenvalue weighted by atomic mass is 19.1. The Labute approximate surface area is 160 Å². The molecule has 4 rings (SSSR count). The van der Waals surface area contributed by atoms with Crippen LogP contribution in [0.15, 0.2) is 59.8 Å². The molecule has 1 atom stereocenters. The molecule has 6 nitrogen and oxygen atoms in total. The van der Waals surface area contributed by atoms with Crippen LogP contribution < -0.4 is 4.90 Å². The molecular formula is C21H17FN2O4. The molecule has 142 valence electrons. The molecule has 7 heteroatoms. The SMILES string of the molecule is O=C1CCCC2=C1[C@H](c1cccc([N+](=O)[O-])c1)CC(=O)N2c1ccc(F)cc1. The van der Waals surface area contributed by atoms with Crippen molar-refractivity contribution in [3.8, 4) is 0 Å². The third-order valence-corrected chi connectivity index (χ3v) is 5.24. The first-order valence-electron chi connectivity index (χ1n) is 9.05. The van der Waals surface area contributed by atoms with E-state index in [1.807, 2.05) is 0 Å². The van der Waals surface area contributed by atoms with Gasteiger partial charge in [-0.2, -0.15) is 0 Å². The van der Waals surface area contributed by atoms with E-state index in [9.17, 15) is 24.1 Å². The summed E-state index contributed by atoms with van der Waals surface area (Å²) < 4.78 is 13.3. The van der Waals surface area contributed by atoms with Crippen molar-refractivity contribution >= 4 is 23.1 Å². The number of halogens is 1. The maximum atomic E-state index is 13.3. The quantitative estimate of drug-likeness (QED) is 0.589. The van der Waals surface area contributed by atoms with Crippen molar-refractivity contribution in [1.29, 1.82) is 0 Å². The zero-order valence-electron chi connectivity index (χ0n) is 14.9. The number of amides is 1. The number of anilines is 1. The second-order valence-corrected chi connectivity index (χ2v) is 6.95. The molecular weight excluding hydrogens is 363 g/mol. The molecule has 2 aromatic carbocycles. The number of allylic oxidation sites excluding steroid dienone is 2. The fourth-order valence-electron chi connectivity index (χ4n) is 4.02. The zero-order valence-corrected chi connectivity index (χ0v) is 14.9. The van der Waals surface area contributed by atoms with Crippen LogP contribution in [0.5, 0.6) is 0 Å². The molecule has 0 saturated heterocycles. The fourth-order valence-corrected chi connectivity index (χ4v) is 4.02. The number of non-ortho nitro benzene ring substituents is 1. The molecule has 1 aliphatic heterocycles. The number of hydrogen-bond acceptors (Lipinski definition) is 4. The van der Waals surface area contributed by atoms with E-state index in [1.54, 1.807) is 12.1 Å². The Morgan fingerprint density at radius 3 is 2.54 bits per heavy atom. The van der Waals surface area contributed by atoms with Gasteiger partial charge in [0, 0.05) is 47.8 Å². The van der Waals surface area contributed by atoms with Crippen LogP contribution in [0.1, 0.15) is 37.2 Å². The largest absolute Gasteiger partial charge is 0.294 e. The summed E-state index contributed by atoms with van der Waals surface area (Å²) in [4.78, 5) is 37.9. The topological polar surface area (TPSA) is 80.5 Å². The van der Waals surface area contributed by atoms with Gasteiger partial charge in [-0.15, -0.1) is 0 Å². The molecule has 0 spiro atoms. The third kappa shape index (κ3) is 3.09. The van der Waals surface area contributed by atoms with Crippen LogP contribution in [0, 0.1) is 15.9 Å². The molecule has 28 heavy (non-hydrogen) atoms. The smallest absolute Gasteiger partial charge is 0.269 e. The number of nitro groups is 1. The summed E-state index contributed by atoms with van der Waals surface area (Å²) in [6.45, 7) is 0. The molecule has 1 aliphatic carbocycles. The van der Waals surface area contributed by atoms with E-state index in [4.69, 9.17) is 0 Å². The van der Waals surface area contributed by atoms with Gasteiger partial charge in [0.2, 0.25) is 5.91 Å². The van der Waals surface area contributed by atoms with Crippen molar-refractivity contribution in [3.63, 3.8) is 0 Å². The van der Waals surface area contributed by atoms with Gasteiger partial charge in [-0.1, -0.05) is 12.1 Å². The van der Waals surface area contributed by atoms with E-state index in [0.717, 1.165) is 0 Å². The Morgan fingerprint density at radius 1 is 1.07 bits per heavy atom. The third-order valence-electron chi connectivity index (χ3n) is 5.24. The van der Waals surface area contributed by atoms with Crippen LogP contribution >= 0.6 is 0 Å². The van der Waals surface area contributed by atoms with Crippen LogP contribution in [0.4, 0.5) is 15.8 Å². The predicted octanol–water partition coefficient (Wildman–Crippen LogP) is 4.26. The lowest BCUT2D eigenvalue weighted by atomic mass is 9.77. The van der Waals surface area contributed by atoms with Crippen LogP contribution in [0.3, 0.4) is 0 Å². The summed E-state index contributed by atoms with van der Waals surface area (Å²) in [6.07, 6.45) is 1.60. The lowest BCUT2D eigenvalue weighted by Crippen LogP contribution is -2.40. The number of hydrogen-bond donors (Lipinski definition) is 0. The molecule has 0 bridgehead atoms. The summed E-state index contributed by atoms with van der Waals surface area (Å²) in [7, 11) is 0. The molecule has 0 radical (unpaired) electrons. The normalized spacial score (nSPS) is 19.6. The van der Waals surface area contributed by atoms with Gasteiger partial charge in [0.05, 0.1) is 4.92 Å². The first-order valence-corrected chi connectivity index (χ1v) is 9.05. The minimum atomic E-state index is -0.508. The Morgan fingerprint density at radius 2 is 1.82 bits per heavy atom. The Bertz CT molecular complexity index is 1010. The van der Waals surface area contributed by atoms with Crippen molar-refractivity contribution < 1.29 is 18.9 Å². The number of carbonyl (C=O) groups is 2. The summed E-state index contributed by atoms with van der Waals surface area (Å²) in [6, 6.07) is 11.7. The summed E-state index contributed by atoms with van der Waals surface area (Å²) >= 11 is 0. The highest BCUT2D eigenvalue weighted by Gasteiger charge is 2.40. The van der Waals surface area contributed by atoms with Crippen LogP contribution in [0.2, 0.25) is 0 Å². The maximum Gasteiger partial charge on any atom is 0.269 e. The second-order valence-electron chi connectivity index (χ2n) is 6.95. The Hall–Kier alpha value is -3.35. The number of carbonyl (C=O) groups excluding carboxylic acids is 2. The lowest BCUT2D eigenvalue weighted by Gasteiger charge is -2.38. The van der Waals surface area contributed by atoms with E-state index in [-0.39, 0.29) is 23.8 Å². The van der Waals surface area contributed by atoms with Gasteiger partial charge in [-0.25, -0.2) is 4.39 Å². The number of rotatable bonds is 3. The van der Waals surface area contributed by atoms with Gasteiger partial charge in [0.15, 0.2) is 5.78 Å². The molecule has 0 unspecified atom stereocenters. The minimum absolute atomic E-state index is 0.0309. The summed E-state index contributed by atoms with van der Waals surface area (Å²) in [5.74, 6) is -1.17. The van der Waals surface area contributed by atoms with E-state index < -0.39 is 16.7 Å². The second kappa shape index (κ2) is 6.99. The van der Waals surface area contributed by atoms with Crippen molar-refractivity contribution in [1.82, 2.24) is 0 Å².